The number of carboxylic acid groups (broad SMARTS) is 1. The summed E-state index contributed by atoms with van der Waals surface area (Å²) in [6, 6.07) is -0.181. The Bertz CT molecular complexity index is 366. The zero-order chi connectivity index (χ0) is 13.9. The molecule has 2 N–H and O–H groups in total. The molecule has 5 heteroatoms. The first-order valence-corrected chi connectivity index (χ1v) is 6.14. The molecular formula is C13H21NO4. The molecule has 0 aromatic carbocycles. The molecule has 0 heterocycles. The van der Waals surface area contributed by atoms with E-state index >= 15 is 0 Å². The van der Waals surface area contributed by atoms with Crippen LogP contribution in [0, 0.1) is 11.3 Å². The third kappa shape index (κ3) is 2.66. The van der Waals surface area contributed by atoms with Crippen molar-refractivity contribution in [3.05, 3.63) is 11.8 Å². The number of amides is 1. The summed E-state index contributed by atoms with van der Waals surface area (Å²) in [5.74, 6) is -1.09. The third-order valence-electron chi connectivity index (χ3n) is 4.00. The Kier molecular flexibility index (Phi) is 4.38. The number of hydrogen-bond acceptors (Lipinski definition) is 3. The molecular weight excluding hydrogens is 234 g/mol. The molecule has 18 heavy (non-hydrogen) atoms. The number of aliphatic hydroxyl groups excluding tert-OH is 1. The lowest BCUT2D eigenvalue weighted by atomic mass is 9.65. The van der Waals surface area contributed by atoms with E-state index in [9.17, 15) is 14.7 Å². The average Bonchev–Trinajstić information content (AvgIpc) is 2.27. The fraction of sp³-hybridized carbons (Fsp3) is 0.692. The topological polar surface area (TPSA) is 77.8 Å². The zero-order valence-electron chi connectivity index (χ0n) is 11.1. The standard InChI is InChI=1S/C13H21NO4/c1-9-5-4-6-13(2,10(16)7-11(17)18)12(9)14(3)8-15/h7-9,12,16H,4-6H2,1-3H3,(H,17,18). The highest BCUT2D eigenvalue weighted by Gasteiger charge is 2.45. The predicted octanol–water partition coefficient (Wildman–Crippen LogP) is 1.80. The summed E-state index contributed by atoms with van der Waals surface area (Å²) in [5.41, 5.74) is -0.689. The van der Waals surface area contributed by atoms with Gasteiger partial charge in [0.1, 0.15) is 5.76 Å². The van der Waals surface area contributed by atoms with Crippen molar-refractivity contribution >= 4 is 12.4 Å². The van der Waals surface area contributed by atoms with E-state index in [1.54, 1.807) is 7.05 Å². The van der Waals surface area contributed by atoms with E-state index in [0.29, 0.717) is 6.42 Å². The molecule has 1 aliphatic carbocycles. The van der Waals surface area contributed by atoms with Gasteiger partial charge in [-0.3, -0.25) is 4.79 Å². The monoisotopic (exact) mass is 255 g/mol. The van der Waals surface area contributed by atoms with Gasteiger partial charge < -0.3 is 15.1 Å². The lowest BCUT2D eigenvalue weighted by molar-refractivity contribution is -0.131. The van der Waals surface area contributed by atoms with Gasteiger partial charge in [-0.1, -0.05) is 20.3 Å². The van der Waals surface area contributed by atoms with E-state index in [2.05, 4.69) is 0 Å². The highest BCUT2D eigenvalue weighted by molar-refractivity contribution is 5.80. The van der Waals surface area contributed by atoms with E-state index in [1.165, 1.54) is 4.90 Å². The van der Waals surface area contributed by atoms with Crippen molar-refractivity contribution < 1.29 is 19.8 Å². The Morgan fingerprint density at radius 1 is 1.44 bits per heavy atom. The fourth-order valence-electron chi connectivity index (χ4n) is 3.20. The van der Waals surface area contributed by atoms with Crippen LogP contribution in [0.4, 0.5) is 0 Å². The summed E-state index contributed by atoms with van der Waals surface area (Å²) in [6.07, 6.45) is 4.13. The van der Waals surface area contributed by atoms with Gasteiger partial charge in [-0.25, -0.2) is 4.79 Å². The second kappa shape index (κ2) is 5.42. The van der Waals surface area contributed by atoms with Crippen molar-refractivity contribution in [2.45, 2.75) is 39.2 Å². The average molecular weight is 255 g/mol. The van der Waals surface area contributed by atoms with Crippen LogP contribution in [0.15, 0.2) is 11.8 Å². The summed E-state index contributed by atoms with van der Waals surface area (Å²) < 4.78 is 0. The minimum absolute atomic E-state index is 0.153. The van der Waals surface area contributed by atoms with E-state index in [4.69, 9.17) is 5.11 Å². The first-order valence-electron chi connectivity index (χ1n) is 6.14. The number of hydrogen-bond donors (Lipinski definition) is 2. The number of carboxylic acids is 1. The highest BCUT2D eigenvalue weighted by atomic mass is 16.4. The lowest BCUT2D eigenvalue weighted by Gasteiger charge is -2.47. The van der Waals surface area contributed by atoms with Crippen LogP contribution in [0.2, 0.25) is 0 Å². The normalized spacial score (nSPS) is 32.9. The van der Waals surface area contributed by atoms with E-state index < -0.39 is 11.4 Å². The van der Waals surface area contributed by atoms with Crippen molar-refractivity contribution in [3.8, 4) is 0 Å². The maximum Gasteiger partial charge on any atom is 0.331 e. The van der Waals surface area contributed by atoms with Gasteiger partial charge >= 0.3 is 5.97 Å². The minimum Gasteiger partial charge on any atom is -0.511 e. The number of aliphatic carboxylic acids is 1. The van der Waals surface area contributed by atoms with Crippen LogP contribution in [-0.2, 0) is 9.59 Å². The van der Waals surface area contributed by atoms with Gasteiger partial charge in [-0.05, 0) is 18.8 Å². The molecule has 3 atom stereocenters. The molecule has 1 rings (SSSR count). The lowest BCUT2D eigenvalue weighted by Crippen LogP contribution is -2.51. The Labute approximate surface area is 107 Å². The summed E-state index contributed by atoms with van der Waals surface area (Å²) in [6.45, 7) is 3.85. The first-order chi connectivity index (χ1) is 8.32. The van der Waals surface area contributed by atoms with Gasteiger partial charge in [0.05, 0.1) is 6.08 Å². The van der Waals surface area contributed by atoms with Gasteiger partial charge in [0.15, 0.2) is 0 Å². The highest BCUT2D eigenvalue weighted by Crippen LogP contribution is 2.45. The van der Waals surface area contributed by atoms with Crippen LogP contribution < -0.4 is 0 Å². The van der Waals surface area contributed by atoms with Crippen molar-refractivity contribution in [1.82, 2.24) is 4.90 Å². The molecule has 1 fully saturated rings. The molecule has 0 radical (unpaired) electrons. The zero-order valence-corrected chi connectivity index (χ0v) is 11.1. The Balaban J connectivity index is 3.14. The summed E-state index contributed by atoms with van der Waals surface area (Å²) in [4.78, 5) is 23.2. The summed E-state index contributed by atoms with van der Waals surface area (Å²) in [5, 5.41) is 18.8. The second-order valence-corrected chi connectivity index (χ2v) is 5.37. The molecule has 0 aromatic rings. The number of aliphatic hydroxyl groups is 1. The molecule has 102 valence electrons. The molecule has 0 saturated heterocycles. The van der Waals surface area contributed by atoms with E-state index in [-0.39, 0.29) is 17.7 Å². The van der Waals surface area contributed by atoms with E-state index in [1.807, 2.05) is 13.8 Å². The Morgan fingerprint density at radius 3 is 2.56 bits per heavy atom. The number of rotatable bonds is 4. The smallest absolute Gasteiger partial charge is 0.331 e. The van der Waals surface area contributed by atoms with Gasteiger partial charge in [0, 0.05) is 18.5 Å². The molecule has 1 aliphatic rings. The molecule has 0 bridgehead atoms. The van der Waals surface area contributed by atoms with Crippen LogP contribution in [0.5, 0.6) is 0 Å². The van der Waals surface area contributed by atoms with Crippen LogP contribution in [-0.4, -0.2) is 40.6 Å². The van der Waals surface area contributed by atoms with Crippen molar-refractivity contribution in [2.75, 3.05) is 7.05 Å². The van der Waals surface area contributed by atoms with Crippen LogP contribution in [0.25, 0.3) is 0 Å². The molecule has 0 aliphatic heterocycles. The quantitative estimate of drug-likeness (QED) is 0.456. The van der Waals surface area contributed by atoms with Crippen molar-refractivity contribution in [1.29, 1.82) is 0 Å². The fourth-order valence-corrected chi connectivity index (χ4v) is 3.20. The number of nitrogens with zero attached hydrogens (tertiary/aromatic N) is 1. The van der Waals surface area contributed by atoms with Gasteiger partial charge in [0.2, 0.25) is 6.41 Å². The molecule has 3 unspecified atom stereocenters. The predicted molar refractivity (Wildman–Crippen MR) is 67.1 cm³/mol. The Hall–Kier alpha value is -1.52. The third-order valence-corrected chi connectivity index (χ3v) is 4.00. The molecule has 1 saturated carbocycles. The maximum atomic E-state index is 11.0. The van der Waals surface area contributed by atoms with Gasteiger partial charge in [-0.15, -0.1) is 0 Å². The largest absolute Gasteiger partial charge is 0.511 e. The van der Waals surface area contributed by atoms with Gasteiger partial charge in [0.25, 0.3) is 0 Å². The van der Waals surface area contributed by atoms with Crippen LogP contribution >= 0.6 is 0 Å². The number of carbonyl (C=O) groups excluding carboxylic acids is 1. The maximum absolute atomic E-state index is 11.0. The van der Waals surface area contributed by atoms with Gasteiger partial charge in [-0.2, -0.15) is 0 Å². The van der Waals surface area contributed by atoms with Crippen molar-refractivity contribution in [3.63, 3.8) is 0 Å². The van der Waals surface area contributed by atoms with Crippen LogP contribution in [0.3, 0.4) is 0 Å². The molecule has 1 amide bonds. The summed E-state index contributed by atoms with van der Waals surface area (Å²) in [7, 11) is 1.67. The SMILES string of the molecule is CC1CCCC(C)(C(O)=CC(=O)O)C1N(C)C=O. The molecule has 0 aromatic heterocycles. The minimum atomic E-state index is -1.17. The molecule has 0 spiro atoms. The van der Waals surface area contributed by atoms with Crippen LogP contribution in [0.1, 0.15) is 33.1 Å². The Morgan fingerprint density at radius 2 is 2.06 bits per heavy atom. The first kappa shape index (κ1) is 14.5. The number of carbonyl (C=O) groups is 2. The summed E-state index contributed by atoms with van der Waals surface area (Å²) >= 11 is 0. The van der Waals surface area contributed by atoms with E-state index in [0.717, 1.165) is 25.3 Å². The molecule has 5 nitrogen and oxygen atoms in total. The van der Waals surface area contributed by atoms with Crippen molar-refractivity contribution in [2.24, 2.45) is 11.3 Å². The second-order valence-electron chi connectivity index (χ2n) is 5.37.